The van der Waals surface area contributed by atoms with Gasteiger partial charge in [-0.25, -0.2) is 4.39 Å². The Labute approximate surface area is 180 Å². The van der Waals surface area contributed by atoms with Gasteiger partial charge in [-0.3, -0.25) is 9.59 Å². The van der Waals surface area contributed by atoms with Gasteiger partial charge in [0.15, 0.2) is 18.2 Å². The molecule has 2 aromatic carbocycles. The van der Waals surface area contributed by atoms with Crippen LogP contribution in [-0.2, 0) is 9.59 Å². The van der Waals surface area contributed by atoms with E-state index in [2.05, 4.69) is 4.90 Å². The molecule has 0 unspecified atom stereocenters. The smallest absolute Gasteiger partial charge is 0.260 e. The highest BCUT2D eigenvalue weighted by Crippen LogP contribution is 2.24. The molecule has 2 saturated heterocycles. The quantitative estimate of drug-likeness (QED) is 0.706. The fourth-order valence-electron chi connectivity index (χ4n) is 3.88. The first-order valence-corrected chi connectivity index (χ1v) is 10.4. The maximum Gasteiger partial charge on any atom is 0.260 e. The number of para-hydroxylation sites is 1. The van der Waals surface area contributed by atoms with Crippen molar-refractivity contribution < 1.29 is 23.5 Å². The third kappa shape index (κ3) is 4.73. The van der Waals surface area contributed by atoms with Crippen molar-refractivity contribution in [3.8, 4) is 11.5 Å². The van der Waals surface area contributed by atoms with E-state index in [4.69, 9.17) is 9.47 Å². The highest BCUT2D eigenvalue weighted by atomic mass is 19.1. The van der Waals surface area contributed by atoms with Gasteiger partial charge in [0, 0.05) is 51.0 Å². The predicted molar refractivity (Wildman–Crippen MR) is 114 cm³/mol. The summed E-state index contributed by atoms with van der Waals surface area (Å²) in [6.45, 7) is 3.34. The van der Waals surface area contributed by atoms with E-state index in [1.54, 1.807) is 24.1 Å². The molecular formula is C23H26FN3O4. The van der Waals surface area contributed by atoms with E-state index in [1.807, 2.05) is 29.2 Å². The Bertz CT molecular complexity index is 940. The summed E-state index contributed by atoms with van der Waals surface area (Å²) in [6.07, 6.45) is 0. The van der Waals surface area contributed by atoms with E-state index in [0.29, 0.717) is 26.2 Å². The number of hydrogen-bond acceptors (Lipinski definition) is 5. The molecule has 0 aliphatic carbocycles. The number of likely N-dealkylation sites (tertiary alicyclic amines) is 1. The molecule has 0 radical (unpaired) electrons. The third-order valence-corrected chi connectivity index (χ3v) is 5.78. The average Bonchev–Trinajstić information content (AvgIpc) is 2.77. The number of benzene rings is 2. The van der Waals surface area contributed by atoms with Gasteiger partial charge < -0.3 is 24.2 Å². The molecule has 0 spiro atoms. The van der Waals surface area contributed by atoms with Crippen LogP contribution < -0.4 is 14.4 Å². The Morgan fingerprint density at radius 1 is 1.00 bits per heavy atom. The minimum atomic E-state index is -0.500. The number of carbonyl (C=O) groups excluding carboxylic acids is 2. The lowest BCUT2D eigenvalue weighted by Crippen LogP contribution is -2.59. The lowest BCUT2D eigenvalue weighted by molar-refractivity contribution is -0.149. The molecule has 164 valence electrons. The zero-order valence-electron chi connectivity index (χ0n) is 17.5. The molecule has 0 bridgehead atoms. The highest BCUT2D eigenvalue weighted by molar-refractivity contribution is 5.85. The summed E-state index contributed by atoms with van der Waals surface area (Å²) in [4.78, 5) is 30.7. The second-order valence-electron chi connectivity index (χ2n) is 7.73. The largest absolute Gasteiger partial charge is 0.497 e. The first kappa shape index (κ1) is 21.0. The molecule has 2 aliphatic rings. The Kier molecular flexibility index (Phi) is 6.25. The summed E-state index contributed by atoms with van der Waals surface area (Å²) >= 11 is 0. The molecule has 2 amide bonds. The molecule has 0 atom stereocenters. The zero-order valence-corrected chi connectivity index (χ0v) is 17.5. The summed E-state index contributed by atoms with van der Waals surface area (Å²) in [5, 5.41) is 0. The molecular weight excluding hydrogens is 401 g/mol. The van der Waals surface area contributed by atoms with E-state index >= 15 is 0 Å². The number of methoxy groups -OCH3 is 1. The van der Waals surface area contributed by atoms with Gasteiger partial charge in [0.2, 0.25) is 5.91 Å². The van der Waals surface area contributed by atoms with Crippen LogP contribution >= 0.6 is 0 Å². The summed E-state index contributed by atoms with van der Waals surface area (Å²) in [5.41, 5.74) is 1.08. The van der Waals surface area contributed by atoms with Gasteiger partial charge in [0.25, 0.3) is 5.91 Å². The minimum Gasteiger partial charge on any atom is -0.497 e. The summed E-state index contributed by atoms with van der Waals surface area (Å²) in [5.74, 6) is 0.0347. The van der Waals surface area contributed by atoms with Gasteiger partial charge in [-0.15, -0.1) is 0 Å². The molecule has 7 nitrogen and oxygen atoms in total. The van der Waals surface area contributed by atoms with Gasteiger partial charge in [0.1, 0.15) is 5.75 Å². The summed E-state index contributed by atoms with van der Waals surface area (Å²) in [7, 11) is 1.65. The summed E-state index contributed by atoms with van der Waals surface area (Å²) < 4.78 is 24.1. The van der Waals surface area contributed by atoms with E-state index in [1.165, 1.54) is 12.1 Å². The van der Waals surface area contributed by atoms with Crippen molar-refractivity contribution in [2.45, 2.75) is 0 Å². The van der Waals surface area contributed by atoms with Crippen LogP contribution in [0, 0.1) is 11.7 Å². The van der Waals surface area contributed by atoms with Crippen LogP contribution in [0.3, 0.4) is 0 Å². The number of nitrogens with zero attached hydrogens (tertiary/aromatic N) is 3. The van der Waals surface area contributed by atoms with Crippen LogP contribution in [0.25, 0.3) is 0 Å². The number of ether oxygens (including phenoxy) is 2. The summed E-state index contributed by atoms with van der Waals surface area (Å²) in [6, 6.07) is 13.9. The van der Waals surface area contributed by atoms with Crippen molar-refractivity contribution in [2.75, 3.05) is 57.9 Å². The van der Waals surface area contributed by atoms with Crippen molar-refractivity contribution >= 4 is 17.5 Å². The van der Waals surface area contributed by atoms with Gasteiger partial charge in [-0.1, -0.05) is 18.2 Å². The number of halogens is 1. The Morgan fingerprint density at radius 2 is 1.74 bits per heavy atom. The van der Waals surface area contributed by atoms with Crippen molar-refractivity contribution in [3.05, 3.63) is 54.3 Å². The number of carbonyl (C=O) groups is 2. The topological polar surface area (TPSA) is 62.3 Å². The number of anilines is 1. The lowest BCUT2D eigenvalue weighted by Gasteiger charge is -2.43. The molecule has 2 heterocycles. The van der Waals surface area contributed by atoms with Crippen molar-refractivity contribution in [1.29, 1.82) is 0 Å². The lowest BCUT2D eigenvalue weighted by atomic mass is 9.98. The van der Waals surface area contributed by atoms with E-state index < -0.39 is 5.82 Å². The van der Waals surface area contributed by atoms with Gasteiger partial charge in [0.05, 0.1) is 13.0 Å². The monoisotopic (exact) mass is 427 g/mol. The Hall–Kier alpha value is -3.29. The Balaban J connectivity index is 1.21. The van der Waals surface area contributed by atoms with Crippen LogP contribution in [-0.4, -0.2) is 74.6 Å². The number of hydrogen-bond donors (Lipinski definition) is 0. The van der Waals surface area contributed by atoms with E-state index in [0.717, 1.165) is 24.5 Å². The first-order chi connectivity index (χ1) is 15.0. The van der Waals surface area contributed by atoms with E-state index in [9.17, 15) is 14.0 Å². The average molecular weight is 427 g/mol. The maximum absolute atomic E-state index is 13.6. The number of rotatable bonds is 6. The Morgan fingerprint density at radius 3 is 2.45 bits per heavy atom. The maximum atomic E-state index is 13.6. The molecule has 31 heavy (non-hydrogen) atoms. The van der Waals surface area contributed by atoms with E-state index in [-0.39, 0.29) is 30.1 Å². The molecule has 0 saturated carbocycles. The van der Waals surface area contributed by atoms with Crippen molar-refractivity contribution in [2.24, 2.45) is 5.92 Å². The van der Waals surface area contributed by atoms with Crippen LogP contribution in [0.15, 0.2) is 48.5 Å². The van der Waals surface area contributed by atoms with Crippen molar-refractivity contribution in [3.63, 3.8) is 0 Å². The number of amides is 2. The van der Waals surface area contributed by atoms with Crippen molar-refractivity contribution in [1.82, 2.24) is 9.80 Å². The minimum absolute atomic E-state index is 0.0536. The van der Waals surface area contributed by atoms with Gasteiger partial charge in [-0.2, -0.15) is 0 Å². The molecule has 0 N–H and O–H groups in total. The standard InChI is InChI=1S/C23H26FN3O4/c1-30-19-6-4-5-18(13-19)25-9-11-26(12-10-25)23(29)17-14-27(15-17)22(28)16-31-21-8-3-2-7-20(21)24/h2-8,13,17H,9-12,14-16H2,1H3. The third-order valence-electron chi connectivity index (χ3n) is 5.78. The van der Waals surface area contributed by atoms with Crippen LogP contribution in [0.5, 0.6) is 11.5 Å². The zero-order chi connectivity index (χ0) is 21.8. The molecule has 4 rings (SSSR count). The molecule has 2 aromatic rings. The van der Waals surface area contributed by atoms with Crippen LogP contribution in [0.4, 0.5) is 10.1 Å². The normalized spacial score (nSPS) is 16.6. The highest BCUT2D eigenvalue weighted by Gasteiger charge is 2.38. The second kappa shape index (κ2) is 9.24. The number of piperazine rings is 1. The first-order valence-electron chi connectivity index (χ1n) is 10.4. The molecule has 2 aliphatic heterocycles. The fraction of sp³-hybridized carbons (Fsp3) is 0.391. The molecule has 8 heteroatoms. The SMILES string of the molecule is COc1cccc(N2CCN(C(=O)C3CN(C(=O)COc4ccccc4F)C3)CC2)c1. The van der Waals surface area contributed by atoms with Crippen LogP contribution in [0.1, 0.15) is 0 Å². The fourth-order valence-corrected chi connectivity index (χ4v) is 3.88. The van der Waals surface area contributed by atoms with Crippen LogP contribution in [0.2, 0.25) is 0 Å². The molecule has 2 fully saturated rings. The van der Waals surface area contributed by atoms with Gasteiger partial charge >= 0.3 is 0 Å². The second-order valence-corrected chi connectivity index (χ2v) is 7.73. The molecule has 0 aromatic heterocycles. The predicted octanol–water partition coefficient (Wildman–Crippen LogP) is 2.02. The van der Waals surface area contributed by atoms with Gasteiger partial charge in [-0.05, 0) is 24.3 Å².